The van der Waals surface area contributed by atoms with Crippen LogP contribution < -0.4 is 16.0 Å². The van der Waals surface area contributed by atoms with Crippen molar-refractivity contribution in [1.29, 1.82) is 0 Å². The second-order valence-corrected chi connectivity index (χ2v) is 5.71. The van der Waals surface area contributed by atoms with Gasteiger partial charge in [-0.15, -0.1) is 24.0 Å². The van der Waals surface area contributed by atoms with E-state index < -0.39 is 5.60 Å². The van der Waals surface area contributed by atoms with E-state index in [-0.39, 0.29) is 43.0 Å². The van der Waals surface area contributed by atoms with Gasteiger partial charge in [-0.3, -0.25) is 4.79 Å². The number of carbonyl (C=O) groups is 1. The van der Waals surface area contributed by atoms with E-state index in [2.05, 4.69) is 20.9 Å². The highest BCUT2D eigenvalue weighted by Crippen LogP contribution is 2.19. The lowest BCUT2D eigenvalue weighted by Gasteiger charge is -2.22. The molecular formula is C18H25IN4O3. The Morgan fingerprint density at radius 2 is 1.92 bits per heavy atom. The van der Waals surface area contributed by atoms with E-state index in [1.54, 1.807) is 19.1 Å². The summed E-state index contributed by atoms with van der Waals surface area (Å²) in [5.41, 5.74) is -0.465. The Morgan fingerprint density at radius 1 is 1.19 bits per heavy atom. The molecule has 142 valence electrons. The fourth-order valence-electron chi connectivity index (χ4n) is 2.14. The van der Waals surface area contributed by atoms with Gasteiger partial charge in [-0.25, -0.2) is 4.99 Å². The maximum absolute atomic E-state index is 12.0. The molecule has 0 saturated heterocycles. The van der Waals surface area contributed by atoms with Gasteiger partial charge >= 0.3 is 0 Å². The average molecular weight is 472 g/mol. The summed E-state index contributed by atoms with van der Waals surface area (Å²) in [6, 6.07) is 12.6. The van der Waals surface area contributed by atoms with Crippen molar-refractivity contribution in [1.82, 2.24) is 10.6 Å². The molecule has 26 heavy (non-hydrogen) atoms. The predicted molar refractivity (Wildman–Crippen MR) is 113 cm³/mol. The van der Waals surface area contributed by atoms with Gasteiger partial charge in [-0.05, 0) is 38.1 Å². The van der Waals surface area contributed by atoms with Gasteiger partial charge in [0.15, 0.2) is 5.96 Å². The highest BCUT2D eigenvalue weighted by Gasteiger charge is 2.26. The number of hydrogen-bond acceptors (Lipinski definition) is 4. The number of hydrogen-bond donors (Lipinski definition) is 4. The van der Waals surface area contributed by atoms with E-state index in [4.69, 9.17) is 4.42 Å². The Bertz CT molecular complexity index is 688. The third kappa shape index (κ3) is 7.04. The normalized spacial score (nSPS) is 13.3. The summed E-state index contributed by atoms with van der Waals surface area (Å²) in [4.78, 5) is 16.2. The number of amides is 1. The van der Waals surface area contributed by atoms with Crippen LogP contribution in [0.2, 0.25) is 0 Å². The Balaban J connectivity index is 0.00000338. The van der Waals surface area contributed by atoms with Crippen LogP contribution in [0.15, 0.2) is 58.1 Å². The summed E-state index contributed by atoms with van der Waals surface area (Å²) in [6.07, 6.45) is 1.51. The van der Waals surface area contributed by atoms with Gasteiger partial charge in [0.25, 0.3) is 0 Å². The van der Waals surface area contributed by atoms with E-state index in [0.717, 1.165) is 5.69 Å². The number of benzene rings is 1. The molecule has 2 rings (SSSR count). The summed E-state index contributed by atoms with van der Waals surface area (Å²) < 4.78 is 5.24. The third-order valence-electron chi connectivity index (χ3n) is 3.43. The van der Waals surface area contributed by atoms with Crippen LogP contribution in [-0.2, 0) is 10.4 Å². The van der Waals surface area contributed by atoms with Crippen LogP contribution in [0, 0.1) is 0 Å². The molecule has 0 aliphatic heterocycles. The van der Waals surface area contributed by atoms with E-state index in [9.17, 15) is 9.90 Å². The van der Waals surface area contributed by atoms with Crippen LogP contribution in [0.25, 0.3) is 0 Å². The first-order chi connectivity index (χ1) is 12.0. The predicted octanol–water partition coefficient (Wildman–Crippen LogP) is 2.30. The minimum Gasteiger partial charge on any atom is -0.466 e. The van der Waals surface area contributed by atoms with Gasteiger partial charge in [0.1, 0.15) is 17.9 Å². The molecule has 1 aromatic carbocycles. The molecule has 0 bridgehead atoms. The first-order valence-electron chi connectivity index (χ1n) is 8.14. The van der Waals surface area contributed by atoms with E-state index in [0.29, 0.717) is 18.3 Å². The zero-order valence-corrected chi connectivity index (χ0v) is 17.2. The number of anilines is 1. The number of nitrogens with zero attached hydrogens (tertiary/aromatic N) is 1. The molecule has 2 aromatic rings. The minimum atomic E-state index is -1.19. The van der Waals surface area contributed by atoms with Gasteiger partial charge in [0.2, 0.25) is 5.91 Å². The third-order valence-corrected chi connectivity index (χ3v) is 3.43. The van der Waals surface area contributed by atoms with Gasteiger partial charge in [-0.1, -0.05) is 18.2 Å². The summed E-state index contributed by atoms with van der Waals surface area (Å²) in [7, 11) is 0. The van der Waals surface area contributed by atoms with Crippen LogP contribution in [0.4, 0.5) is 5.69 Å². The SMILES string of the molecule is CCNC(=NCC(=O)Nc1ccccc1)NCC(C)(O)c1ccco1.I. The van der Waals surface area contributed by atoms with Crippen molar-refractivity contribution in [3.05, 3.63) is 54.5 Å². The molecule has 7 nitrogen and oxygen atoms in total. The van der Waals surface area contributed by atoms with E-state index >= 15 is 0 Å². The molecular weight excluding hydrogens is 447 g/mol. The van der Waals surface area contributed by atoms with Gasteiger partial charge in [0.05, 0.1) is 12.8 Å². The molecule has 1 amide bonds. The topological polar surface area (TPSA) is 98.9 Å². The van der Waals surface area contributed by atoms with Crippen molar-refractivity contribution in [3.8, 4) is 0 Å². The van der Waals surface area contributed by atoms with Crippen molar-refractivity contribution in [2.75, 3.05) is 25.0 Å². The van der Waals surface area contributed by atoms with Crippen LogP contribution in [0.5, 0.6) is 0 Å². The molecule has 4 N–H and O–H groups in total. The lowest BCUT2D eigenvalue weighted by Crippen LogP contribution is -2.44. The van der Waals surface area contributed by atoms with Crippen LogP contribution in [0.3, 0.4) is 0 Å². The quantitative estimate of drug-likeness (QED) is 0.282. The monoisotopic (exact) mass is 472 g/mol. The number of aliphatic hydroxyl groups is 1. The number of rotatable bonds is 7. The van der Waals surface area contributed by atoms with Crippen molar-refractivity contribution in [2.24, 2.45) is 4.99 Å². The number of halogens is 1. The molecule has 0 saturated carbocycles. The number of para-hydroxylation sites is 1. The summed E-state index contributed by atoms with van der Waals surface area (Å²) in [5, 5.41) is 19.3. The maximum atomic E-state index is 12.0. The lowest BCUT2D eigenvalue weighted by molar-refractivity contribution is -0.114. The Morgan fingerprint density at radius 3 is 2.54 bits per heavy atom. The number of nitrogens with one attached hydrogen (secondary N) is 3. The fourth-order valence-corrected chi connectivity index (χ4v) is 2.14. The Hall–Kier alpha value is -2.07. The number of furan rings is 1. The fraction of sp³-hybridized carbons (Fsp3) is 0.333. The van der Waals surface area contributed by atoms with Gasteiger partial charge in [0, 0.05) is 12.2 Å². The summed E-state index contributed by atoms with van der Waals surface area (Å²) in [6.45, 7) is 4.35. The van der Waals surface area contributed by atoms with E-state index in [1.165, 1.54) is 6.26 Å². The molecule has 0 aliphatic carbocycles. The first-order valence-corrected chi connectivity index (χ1v) is 8.14. The largest absolute Gasteiger partial charge is 0.466 e. The maximum Gasteiger partial charge on any atom is 0.246 e. The molecule has 1 heterocycles. The zero-order valence-electron chi connectivity index (χ0n) is 14.9. The number of guanidine groups is 1. The van der Waals surface area contributed by atoms with Crippen molar-refractivity contribution >= 4 is 41.5 Å². The van der Waals surface area contributed by atoms with Gasteiger partial charge < -0.3 is 25.5 Å². The van der Waals surface area contributed by atoms with Crippen LogP contribution in [-0.4, -0.2) is 36.6 Å². The van der Waals surface area contributed by atoms with Gasteiger partial charge in [-0.2, -0.15) is 0 Å². The van der Waals surface area contributed by atoms with Crippen LogP contribution in [0.1, 0.15) is 19.6 Å². The highest BCUT2D eigenvalue weighted by atomic mass is 127. The van der Waals surface area contributed by atoms with Crippen molar-refractivity contribution in [3.63, 3.8) is 0 Å². The second kappa shape index (κ2) is 10.8. The molecule has 0 aliphatic rings. The highest BCUT2D eigenvalue weighted by molar-refractivity contribution is 14.0. The molecule has 0 spiro atoms. The lowest BCUT2D eigenvalue weighted by atomic mass is 10.0. The zero-order chi connectivity index (χ0) is 18.1. The smallest absolute Gasteiger partial charge is 0.246 e. The molecule has 1 atom stereocenters. The van der Waals surface area contributed by atoms with Crippen molar-refractivity contribution < 1.29 is 14.3 Å². The first kappa shape index (κ1) is 22.0. The molecule has 0 radical (unpaired) electrons. The molecule has 1 aromatic heterocycles. The van der Waals surface area contributed by atoms with Crippen LogP contribution >= 0.6 is 24.0 Å². The Labute approximate surface area is 170 Å². The molecule has 1 unspecified atom stereocenters. The minimum absolute atomic E-state index is 0. The van der Waals surface area contributed by atoms with E-state index in [1.807, 2.05) is 37.3 Å². The average Bonchev–Trinajstić information content (AvgIpc) is 3.14. The Kier molecular flexibility index (Phi) is 9.14. The van der Waals surface area contributed by atoms with Crippen molar-refractivity contribution in [2.45, 2.75) is 19.4 Å². The second-order valence-electron chi connectivity index (χ2n) is 5.71. The summed E-state index contributed by atoms with van der Waals surface area (Å²) >= 11 is 0. The molecule has 0 fully saturated rings. The number of carbonyl (C=O) groups excluding carboxylic acids is 1. The standard InChI is InChI=1S/C18H24N4O3.HI/c1-3-19-17(21-13-18(2,24)15-10-7-11-25-15)20-12-16(23)22-14-8-5-4-6-9-14;/h4-11,24H,3,12-13H2,1-2H3,(H,22,23)(H2,19,20,21);1H. The summed E-state index contributed by atoms with van der Waals surface area (Å²) in [5.74, 6) is 0.677. The molecule has 8 heteroatoms. The number of aliphatic imine (C=N–C) groups is 1.